The Balaban J connectivity index is 0.000000168. The van der Waals surface area contributed by atoms with Crippen molar-refractivity contribution in [1.29, 1.82) is 0 Å². The van der Waals surface area contributed by atoms with Crippen molar-refractivity contribution >= 4 is 21.7 Å². The maximum atomic E-state index is 10.8. The van der Waals surface area contributed by atoms with Crippen molar-refractivity contribution in [2.75, 3.05) is 0 Å². The first-order valence-corrected chi connectivity index (χ1v) is 8.19. The number of hydrogen-bond acceptors (Lipinski definition) is 4. The smallest absolute Gasteiger partial charge is 0.269 e. The van der Waals surface area contributed by atoms with Crippen molar-refractivity contribution in [2.24, 2.45) is 5.73 Å². The molecule has 0 spiro atoms. The van der Waals surface area contributed by atoms with Crippen molar-refractivity contribution < 1.29 is 17.8 Å². The highest BCUT2D eigenvalue weighted by molar-refractivity contribution is 7.85. The summed E-state index contributed by atoms with van der Waals surface area (Å²) in [6.45, 7) is 0. The fraction of sp³-hybridized carbons (Fsp3) is 0.0667. The number of amides is 1. The molecule has 7 nitrogen and oxygen atoms in total. The molecule has 0 aliphatic rings. The van der Waals surface area contributed by atoms with Crippen LogP contribution in [0.15, 0.2) is 60.9 Å². The second-order valence-corrected chi connectivity index (χ2v) is 6.10. The summed E-state index contributed by atoms with van der Waals surface area (Å²) in [5, 5.41) is 0. The fourth-order valence-electron chi connectivity index (χ4n) is 1.90. The summed E-state index contributed by atoms with van der Waals surface area (Å²) in [5.74, 6) is -0.776. The molecule has 3 rings (SSSR count). The van der Waals surface area contributed by atoms with Crippen LogP contribution in [0, 0.1) is 0 Å². The molecular weight excluding hydrogens is 318 g/mol. The Morgan fingerprint density at radius 3 is 2.39 bits per heavy atom. The molecule has 3 aromatic rings. The minimum absolute atomic E-state index is 0.312. The van der Waals surface area contributed by atoms with Gasteiger partial charge in [0.25, 0.3) is 16.0 Å². The Labute approximate surface area is 133 Å². The minimum atomic E-state index is -3.88. The molecule has 1 amide bonds. The van der Waals surface area contributed by atoms with Crippen LogP contribution in [-0.2, 0) is 15.9 Å². The lowest BCUT2D eigenvalue weighted by molar-refractivity contribution is 0.0994. The van der Waals surface area contributed by atoms with Gasteiger partial charge in [-0.3, -0.25) is 13.7 Å². The first-order valence-electron chi connectivity index (χ1n) is 6.58. The van der Waals surface area contributed by atoms with Gasteiger partial charge in [0, 0.05) is 6.20 Å². The molecule has 0 fully saturated rings. The number of primary amides is 1. The quantitative estimate of drug-likeness (QED) is 0.705. The molecule has 0 bridgehead atoms. The number of aromatic nitrogens is 2. The van der Waals surface area contributed by atoms with Crippen LogP contribution in [0.25, 0.3) is 5.65 Å². The molecular formula is C15H15N3O4S. The third kappa shape index (κ3) is 4.90. The number of carbonyl (C=O) groups excluding carboxylic acids is 1. The lowest BCUT2D eigenvalue weighted by Crippen LogP contribution is -2.13. The summed E-state index contributed by atoms with van der Waals surface area (Å²) in [5.41, 5.74) is 6.85. The van der Waals surface area contributed by atoms with Crippen molar-refractivity contribution in [3.8, 4) is 0 Å². The lowest BCUT2D eigenvalue weighted by Gasteiger charge is -1.95. The van der Waals surface area contributed by atoms with Crippen LogP contribution in [0.2, 0.25) is 0 Å². The molecule has 0 saturated carbocycles. The van der Waals surface area contributed by atoms with Gasteiger partial charge in [0.15, 0.2) is 0 Å². The van der Waals surface area contributed by atoms with E-state index >= 15 is 0 Å². The number of rotatable bonds is 3. The van der Waals surface area contributed by atoms with Gasteiger partial charge in [-0.25, -0.2) is 4.98 Å². The van der Waals surface area contributed by atoms with Gasteiger partial charge in [-0.15, -0.1) is 0 Å². The average Bonchev–Trinajstić information content (AvgIpc) is 2.91. The Hall–Kier alpha value is -2.71. The van der Waals surface area contributed by atoms with E-state index in [2.05, 4.69) is 4.98 Å². The van der Waals surface area contributed by atoms with Gasteiger partial charge in [-0.05, 0) is 17.7 Å². The van der Waals surface area contributed by atoms with Crippen LogP contribution < -0.4 is 5.73 Å². The standard InChI is InChI=1S/C8H7N3O.C7H8O3S/c9-8(12)6-5-10-7-3-1-2-4-11(6)7;8-11(9,10)6-7-4-2-1-3-5-7/h1-5H,(H2,9,12);1-5H,6H2,(H,8,9,10). The molecule has 8 heteroatoms. The van der Waals surface area contributed by atoms with Crippen molar-refractivity contribution in [2.45, 2.75) is 5.75 Å². The van der Waals surface area contributed by atoms with E-state index in [9.17, 15) is 13.2 Å². The van der Waals surface area contributed by atoms with Gasteiger partial charge in [-0.2, -0.15) is 8.42 Å². The summed E-state index contributed by atoms with van der Waals surface area (Å²) in [6, 6.07) is 14.0. The number of imidazole rings is 1. The topological polar surface area (TPSA) is 115 Å². The van der Waals surface area contributed by atoms with Crippen LogP contribution in [0.5, 0.6) is 0 Å². The molecule has 1 aromatic carbocycles. The van der Waals surface area contributed by atoms with Crippen molar-refractivity contribution in [3.63, 3.8) is 0 Å². The zero-order valence-corrected chi connectivity index (χ0v) is 12.8. The lowest BCUT2D eigenvalue weighted by atomic mass is 10.2. The zero-order chi connectivity index (χ0) is 16.9. The third-order valence-corrected chi connectivity index (χ3v) is 3.56. The van der Waals surface area contributed by atoms with E-state index in [0.717, 1.165) is 5.65 Å². The molecule has 3 N–H and O–H groups in total. The second-order valence-electron chi connectivity index (χ2n) is 4.65. The van der Waals surface area contributed by atoms with Gasteiger partial charge in [0.1, 0.15) is 17.1 Å². The van der Waals surface area contributed by atoms with Crippen molar-refractivity contribution in [1.82, 2.24) is 9.38 Å². The van der Waals surface area contributed by atoms with E-state index in [1.54, 1.807) is 40.9 Å². The highest BCUT2D eigenvalue weighted by atomic mass is 32.2. The van der Waals surface area contributed by atoms with E-state index in [-0.39, 0.29) is 5.75 Å². The Morgan fingerprint density at radius 1 is 1.13 bits per heavy atom. The monoisotopic (exact) mass is 333 g/mol. The summed E-state index contributed by atoms with van der Waals surface area (Å²) in [4.78, 5) is 14.8. The molecule has 2 heterocycles. The van der Waals surface area contributed by atoms with E-state index in [4.69, 9.17) is 10.3 Å². The van der Waals surface area contributed by atoms with Crippen LogP contribution in [0.1, 0.15) is 16.1 Å². The summed E-state index contributed by atoms with van der Waals surface area (Å²) < 4.78 is 30.8. The van der Waals surface area contributed by atoms with Crippen molar-refractivity contribution in [3.05, 3.63) is 72.2 Å². The zero-order valence-electron chi connectivity index (χ0n) is 12.0. The van der Waals surface area contributed by atoms with Crippen LogP contribution in [0.4, 0.5) is 0 Å². The third-order valence-electron chi connectivity index (χ3n) is 2.86. The minimum Gasteiger partial charge on any atom is -0.364 e. The number of benzene rings is 1. The predicted molar refractivity (Wildman–Crippen MR) is 85.4 cm³/mol. The van der Waals surface area contributed by atoms with Crippen LogP contribution >= 0.6 is 0 Å². The molecule has 0 aliphatic heterocycles. The Bertz CT molecular complexity index is 905. The van der Waals surface area contributed by atoms with Gasteiger partial charge in [0.05, 0.1) is 6.20 Å². The molecule has 0 unspecified atom stereocenters. The Morgan fingerprint density at radius 2 is 1.78 bits per heavy atom. The second kappa shape index (κ2) is 7.03. The summed E-state index contributed by atoms with van der Waals surface area (Å²) in [6.07, 6.45) is 3.22. The van der Waals surface area contributed by atoms with Gasteiger partial charge in [-0.1, -0.05) is 36.4 Å². The van der Waals surface area contributed by atoms with Gasteiger partial charge >= 0.3 is 0 Å². The Kier molecular flexibility index (Phi) is 5.09. The molecule has 2 aromatic heterocycles. The number of nitrogens with two attached hydrogens (primary N) is 1. The normalized spacial score (nSPS) is 10.8. The predicted octanol–water partition coefficient (Wildman–Crippen LogP) is 1.51. The van der Waals surface area contributed by atoms with E-state index in [1.807, 2.05) is 18.2 Å². The first kappa shape index (κ1) is 16.7. The average molecular weight is 333 g/mol. The fourth-order valence-corrected chi connectivity index (χ4v) is 2.51. The number of carbonyl (C=O) groups is 1. The highest BCUT2D eigenvalue weighted by Crippen LogP contribution is 2.04. The maximum absolute atomic E-state index is 10.8. The summed E-state index contributed by atoms with van der Waals surface area (Å²) >= 11 is 0. The number of fused-ring (bicyclic) bond motifs is 1. The number of hydrogen-bond donors (Lipinski definition) is 2. The highest BCUT2D eigenvalue weighted by Gasteiger charge is 2.06. The molecule has 0 radical (unpaired) electrons. The summed E-state index contributed by atoms with van der Waals surface area (Å²) in [7, 11) is -3.88. The number of nitrogens with zero attached hydrogens (tertiary/aromatic N) is 2. The van der Waals surface area contributed by atoms with Gasteiger partial charge in [0.2, 0.25) is 0 Å². The maximum Gasteiger partial charge on any atom is 0.269 e. The first-order chi connectivity index (χ1) is 10.9. The van der Waals surface area contributed by atoms with Crippen LogP contribution in [0.3, 0.4) is 0 Å². The SMILES string of the molecule is NC(=O)c1cnc2ccccn12.O=S(=O)(O)Cc1ccccc1. The van der Waals surface area contributed by atoms with E-state index in [0.29, 0.717) is 11.3 Å². The number of pyridine rings is 1. The molecule has 0 atom stereocenters. The largest absolute Gasteiger partial charge is 0.364 e. The van der Waals surface area contributed by atoms with E-state index < -0.39 is 16.0 Å². The molecule has 0 aliphatic carbocycles. The van der Waals surface area contributed by atoms with Crippen LogP contribution in [-0.4, -0.2) is 28.3 Å². The molecule has 23 heavy (non-hydrogen) atoms. The molecule has 120 valence electrons. The molecule has 0 saturated heterocycles. The van der Waals surface area contributed by atoms with E-state index in [1.165, 1.54) is 6.20 Å². The van der Waals surface area contributed by atoms with Gasteiger partial charge < -0.3 is 5.73 Å².